The van der Waals surface area contributed by atoms with Crippen molar-refractivity contribution in [1.29, 1.82) is 0 Å². The van der Waals surface area contributed by atoms with Gasteiger partial charge < -0.3 is 20.5 Å². The lowest BCUT2D eigenvalue weighted by atomic mass is 10.0. The minimum absolute atomic E-state index is 0.0620. The van der Waals surface area contributed by atoms with E-state index in [0.717, 1.165) is 37.6 Å². The van der Waals surface area contributed by atoms with Crippen LogP contribution in [0.1, 0.15) is 38.2 Å². The lowest BCUT2D eigenvalue weighted by molar-refractivity contribution is -0.692. The van der Waals surface area contributed by atoms with E-state index in [-0.39, 0.29) is 16.7 Å². The van der Waals surface area contributed by atoms with Crippen molar-refractivity contribution >= 4 is 34.8 Å². The van der Waals surface area contributed by atoms with Gasteiger partial charge in [0.1, 0.15) is 11.5 Å². The van der Waals surface area contributed by atoms with Crippen LogP contribution >= 0.6 is 23.2 Å². The van der Waals surface area contributed by atoms with Gasteiger partial charge in [0.25, 0.3) is 0 Å². The molecule has 8 heteroatoms. The molecule has 1 aliphatic heterocycles. The van der Waals surface area contributed by atoms with Crippen molar-refractivity contribution < 1.29 is 20.0 Å². The quantitative estimate of drug-likeness (QED) is 0.354. The Bertz CT molecular complexity index is 885. The Morgan fingerprint density at radius 3 is 2.62 bits per heavy atom. The van der Waals surface area contributed by atoms with Crippen LogP contribution in [0.3, 0.4) is 0 Å². The van der Waals surface area contributed by atoms with Gasteiger partial charge in [-0.25, -0.2) is 0 Å². The molecule has 3 rings (SSSR count). The van der Waals surface area contributed by atoms with Crippen LogP contribution in [0.2, 0.25) is 10.0 Å². The number of amides is 1. The smallest absolute Gasteiger partial charge is 0.224 e. The van der Waals surface area contributed by atoms with E-state index in [0.29, 0.717) is 30.5 Å². The standard InChI is InChI=1S/C24H31Cl2N3O3/c1-2-24(31)28-21-14-20(26)22(30)15-23(21)32-13-3-10-27-19-8-11-29(12-9-19)16-17-4-6-18(25)7-5-17/h4-7,14-15,19,27,30H,2-3,8-13,16H2,1H3,(H,28,31)/p+1. The van der Waals surface area contributed by atoms with Gasteiger partial charge in [-0.2, -0.15) is 0 Å². The van der Waals surface area contributed by atoms with Crippen molar-refractivity contribution in [3.63, 3.8) is 0 Å². The summed E-state index contributed by atoms with van der Waals surface area (Å²) in [5.74, 6) is 0.240. The van der Waals surface area contributed by atoms with Gasteiger partial charge in [-0.15, -0.1) is 0 Å². The summed E-state index contributed by atoms with van der Waals surface area (Å²) < 4.78 is 5.83. The molecule has 6 nitrogen and oxygen atoms in total. The molecule has 1 fully saturated rings. The maximum atomic E-state index is 11.7. The molecule has 174 valence electrons. The Morgan fingerprint density at radius 2 is 1.94 bits per heavy atom. The summed E-state index contributed by atoms with van der Waals surface area (Å²) in [5.41, 5.74) is 1.79. The van der Waals surface area contributed by atoms with Gasteiger partial charge >= 0.3 is 0 Å². The Balaban J connectivity index is 1.36. The number of hydrogen-bond acceptors (Lipinski definition) is 4. The summed E-state index contributed by atoms with van der Waals surface area (Å²) in [6.45, 7) is 6.42. The third-order valence-corrected chi connectivity index (χ3v) is 6.26. The highest BCUT2D eigenvalue weighted by Crippen LogP contribution is 2.35. The Labute approximate surface area is 199 Å². The third-order valence-electron chi connectivity index (χ3n) is 5.70. The zero-order valence-electron chi connectivity index (χ0n) is 18.4. The first kappa shape index (κ1) is 24.6. The SMILES string of the molecule is CCC(=O)Nc1cc(Cl)c(O)cc1OCCC[NH2+]C1CCN(Cc2ccc(Cl)cc2)CC1. The second kappa shape index (κ2) is 12.3. The molecule has 0 spiro atoms. The van der Waals surface area contributed by atoms with Crippen LogP contribution in [-0.4, -0.2) is 48.2 Å². The molecular weight excluding hydrogens is 449 g/mol. The molecule has 0 radical (unpaired) electrons. The molecule has 0 aliphatic carbocycles. The van der Waals surface area contributed by atoms with Crippen molar-refractivity contribution in [3.8, 4) is 11.5 Å². The molecule has 1 amide bonds. The molecule has 0 aromatic heterocycles. The van der Waals surface area contributed by atoms with Crippen LogP contribution in [-0.2, 0) is 11.3 Å². The third kappa shape index (κ3) is 7.55. The Kier molecular flexibility index (Phi) is 9.48. The monoisotopic (exact) mass is 480 g/mol. The summed E-state index contributed by atoms with van der Waals surface area (Å²) >= 11 is 11.9. The lowest BCUT2D eigenvalue weighted by Crippen LogP contribution is -2.91. The first-order valence-electron chi connectivity index (χ1n) is 11.2. The minimum atomic E-state index is -0.132. The molecule has 2 aromatic rings. The predicted molar refractivity (Wildman–Crippen MR) is 129 cm³/mol. The topological polar surface area (TPSA) is 78.4 Å². The van der Waals surface area contributed by atoms with E-state index < -0.39 is 0 Å². The predicted octanol–water partition coefficient (Wildman–Crippen LogP) is 4.04. The Morgan fingerprint density at radius 1 is 1.22 bits per heavy atom. The fourth-order valence-corrected chi connectivity index (χ4v) is 4.10. The number of ether oxygens (including phenoxy) is 1. The largest absolute Gasteiger partial charge is 0.506 e. The van der Waals surface area contributed by atoms with Crippen LogP contribution < -0.4 is 15.4 Å². The average molecular weight is 481 g/mol. The number of halogens is 2. The van der Waals surface area contributed by atoms with E-state index in [2.05, 4.69) is 27.7 Å². The van der Waals surface area contributed by atoms with E-state index in [4.69, 9.17) is 27.9 Å². The number of phenolic OH excluding ortho intramolecular Hbond substituents is 1. The summed E-state index contributed by atoms with van der Waals surface area (Å²) in [6, 6.07) is 11.7. The first-order chi connectivity index (χ1) is 15.4. The molecule has 1 heterocycles. The van der Waals surface area contributed by atoms with Crippen LogP contribution in [0.25, 0.3) is 0 Å². The molecule has 2 aromatic carbocycles. The highest BCUT2D eigenvalue weighted by Gasteiger charge is 2.21. The summed E-state index contributed by atoms with van der Waals surface area (Å²) in [7, 11) is 0. The maximum Gasteiger partial charge on any atom is 0.224 e. The van der Waals surface area contributed by atoms with E-state index >= 15 is 0 Å². The van der Waals surface area contributed by atoms with Crippen LogP contribution in [0.4, 0.5) is 5.69 Å². The molecule has 1 aliphatic rings. The molecule has 1 saturated heterocycles. The van der Waals surface area contributed by atoms with Gasteiger partial charge in [0, 0.05) is 56.4 Å². The Hall–Kier alpha value is -1.99. The number of quaternary nitrogens is 1. The number of aromatic hydroxyl groups is 1. The molecule has 0 bridgehead atoms. The molecule has 32 heavy (non-hydrogen) atoms. The number of nitrogens with zero attached hydrogens (tertiary/aromatic N) is 1. The fraction of sp³-hybridized carbons (Fsp3) is 0.458. The van der Waals surface area contributed by atoms with E-state index in [1.165, 1.54) is 30.5 Å². The van der Waals surface area contributed by atoms with Gasteiger partial charge in [0.15, 0.2) is 0 Å². The number of carbonyl (C=O) groups excluding carboxylic acids is 1. The van der Waals surface area contributed by atoms with Gasteiger partial charge in [0.2, 0.25) is 5.91 Å². The highest BCUT2D eigenvalue weighted by molar-refractivity contribution is 6.32. The van der Waals surface area contributed by atoms with Crippen molar-refractivity contribution in [2.75, 3.05) is 31.6 Å². The number of nitrogens with two attached hydrogens (primary N) is 1. The minimum Gasteiger partial charge on any atom is -0.506 e. The van der Waals surface area contributed by atoms with E-state index in [1.807, 2.05) is 12.1 Å². The number of likely N-dealkylation sites (tertiary alicyclic amines) is 1. The molecule has 4 N–H and O–H groups in total. The van der Waals surface area contributed by atoms with Crippen molar-refractivity contribution in [3.05, 3.63) is 52.0 Å². The summed E-state index contributed by atoms with van der Waals surface area (Å²) in [6.07, 6.45) is 3.57. The van der Waals surface area contributed by atoms with Crippen LogP contribution in [0.5, 0.6) is 11.5 Å². The number of piperidine rings is 1. The maximum absolute atomic E-state index is 11.7. The zero-order valence-corrected chi connectivity index (χ0v) is 20.0. The number of nitrogens with one attached hydrogen (secondary N) is 1. The average Bonchev–Trinajstić information content (AvgIpc) is 2.79. The fourth-order valence-electron chi connectivity index (χ4n) is 3.81. The molecule has 0 saturated carbocycles. The highest BCUT2D eigenvalue weighted by atomic mass is 35.5. The number of carbonyl (C=O) groups is 1. The van der Waals surface area contributed by atoms with Crippen molar-refractivity contribution in [2.45, 2.75) is 45.2 Å². The van der Waals surface area contributed by atoms with Gasteiger partial charge in [0.05, 0.1) is 29.9 Å². The van der Waals surface area contributed by atoms with Crippen molar-refractivity contribution in [2.24, 2.45) is 0 Å². The molecule has 0 atom stereocenters. The van der Waals surface area contributed by atoms with E-state index in [9.17, 15) is 9.90 Å². The van der Waals surface area contributed by atoms with Gasteiger partial charge in [-0.1, -0.05) is 42.3 Å². The summed E-state index contributed by atoms with van der Waals surface area (Å²) in [5, 5.41) is 16.0. The second-order valence-corrected chi connectivity index (χ2v) is 9.01. The van der Waals surface area contributed by atoms with Crippen LogP contribution in [0, 0.1) is 0 Å². The van der Waals surface area contributed by atoms with Gasteiger partial charge in [-0.05, 0) is 23.8 Å². The number of anilines is 1. The number of rotatable bonds is 10. The number of hydrogen-bond donors (Lipinski definition) is 3. The van der Waals surface area contributed by atoms with Gasteiger partial charge in [-0.3, -0.25) is 9.69 Å². The molecular formula is C24H32Cl2N3O3+. The first-order valence-corrected chi connectivity index (χ1v) is 12.0. The van der Waals surface area contributed by atoms with Crippen LogP contribution in [0.15, 0.2) is 36.4 Å². The second-order valence-electron chi connectivity index (χ2n) is 8.17. The molecule has 0 unspecified atom stereocenters. The van der Waals surface area contributed by atoms with E-state index in [1.54, 1.807) is 6.92 Å². The normalized spacial score (nSPS) is 15.0. The van der Waals surface area contributed by atoms with Crippen molar-refractivity contribution in [1.82, 2.24) is 4.90 Å². The zero-order chi connectivity index (χ0) is 22.9. The number of phenols is 1. The summed E-state index contributed by atoms with van der Waals surface area (Å²) in [4.78, 5) is 14.2. The lowest BCUT2D eigenvalue weighted by Gasteiger charge is -2.30. The number of benzene rings is 2.